The molecule has 0 spiro atoms. The Morgan fingerprint density at radius 1 is 1.19 bits per heavy atom. The van der Waals surface area contributed by atoms with Gasteiger partial charge in [-0.1, -0.05) is 47.0 Å². The fourth-order valence-corrected chi connectivity index (χ4v) is 5.16. The highest BCUT2D eigenvalue weighted by molar-refractivity contribution is 7.85. The van der Waals surface area contributed by atoms with Crippen LogP contribution in [-0.2, 0) is 37.5 Å². The zero-order valence-corrected chi connectivity index (χ0v) is 19.2. The Bertz CT molecular complexity index is 1250. The van der Waals surface area contributed by atoms with Crippen LogP contribution in [0.3, 0.4) is 0 Å². The van der Waals surface area contributed by atoms with Crippen molar-refractivity contribution in [3.05, 3.63) is 81.9 Å². The number of ether oxygens (including phenoxy) is 2. The molecule has 2 atom stereocenters. The third-order valence-electron chi connectivity index (χ3n) is 5.35. The maximum Gasteiger partial charge on any atom is 0.294 e. The molecule has 2 heterocycles. The molecule has 1 fully saturated rings. The lowest BCUT2D eigenvalue weighted by Gasteiger charge is -2.34. The van der Waals surface area contributed by atoms with Gasteiger partial charge in [-0.2, -0.15) is 8.42 Å². The molecular weight excluding hydrogens is 479 g/mol. The van der Waals surface area contributed by atoms with Gasteiger partial charge in [0, 0.05) is 28.5 Å². The number of aromatic nitrogens is 2. The largest absolute Gasteiger partial charge is 0.393 e. The minimum Gasteiger partial charge on any atom is -0.393 e. The molecule has 1 aromatic heterocycles. The predicted octanol–water partition coefficient (Wildman–Crippen LogP) is 3.53. The zero-order chi connectivity index (χ0) is 23.1. The maximum atomic E-state index is 12.1. The van der Waals surface area contributed by atoms with Gasteiger partial charge in [0.2, 0.25) is 5.79 Å². The second kappa shape index (κ2) is 8.42. The monoisotopic (exact) mass is 498 g/mol. The summed E-state index contributed by atoms with van der Waals surface area (Å²) in [6.07, 6.45) is 4.85. The van der Waals surface area contributed by atoms with Crippen LogP contribution in [0.1, 0.15) is 16.7 Å². The molecule has 0 radical (unpaired) electrons. The highest BCUT2D eigenvalue weighted by atomic mass is 35.5. The van der Waals surface area contributed by atoms with E-state index in [0.29, 0.717) is 16.1 Å². The van der Waals surface area contributed by atoms with Crippen molar-refractivity contribution in [3.8, 4) is 0 Å². The number of imidazole rings is 1. The minimum absolute atomic E-state index is 0.0834. The van der Waals surface area contributed by atoms with Gasteiger partial charge in [0.15, 0.2) is 0 Å². The number of aliphatic hydroxyl groups is 1. The average molecular weight is 499 g/mol. The number of halogens is 2. The summed E-state index contributed by atoms with van der Waals surface area (Å²) in [6, 6.07) is 9.17. The maximum absolute atomic E-state index is 12.1. The van der Waals surface area contributed by atoms with Gasteiger partial charge in [-0.3, -0.25) is 4.55 Å². The zero-order valence-electron chi connectivity index (χ0n) is 16.9. The van der Waals surface area contributed by atoms with Gasteiger partial charge in [-0.15, -0.1) is 0 Å². The summed E-state index contributed by atoms with van der Waals surface area (Å²) in [5.74, 6) is -1.51. The molecule has 0 unspecified atom stereocenters. The van der Waals surface area contributed by atoms with Crippen molar-refractivity contribution in [2.75, 3.05) is 13.2 Å². The van der Waals surface area contributed by atoms with E-state index in [2.05, 4.69) is 4.98 Å². The van der Waals surface area contributed by atoms with Crippen molar-refractivity contribution in [1.29, 1.82) is 0 Å². The van der Waals surface area contributed by atoms with Gasteiger partial charge < -0.3 is 19.1 Å². The lowest BCUT2D eigenvalue weighted by molar-refractivity contribution is -0.214. The number of hydrogen-bond donors (Lipinski definition) is 2. The molecule has 1 aliphatic rings. The van der Waals surface area contributed by atoms with Gasteiger partial charge in [0.05, 0.1) is 31.1 Å². The SMILES string of the molecule is Cc1ccc(S(=O)(=O)O)c([C@@]2(CO)CO[C@](Cn3ccnc3)(c3ccc(Cl)cc3Cl)O2)c1. The van der Waals surface area contributed by atoms with E-state index in [4.69, 9.17) is 32.7 Å². The predicted molar refractivity (Wildman–Crippen MR) is 117 cm³/mol. The highest BCUT2D eigenvalue weighted by Gasteiger charge is 2.54. The van der Waals surface area contributed by atoms with Gasteiger partial charge in [-0.25, -0.2) is 4.98 Å². The molecule has 0 bridgehead atoms. The van der Waals surface area contributed by atoms with Crippen molar-refractivity contribution in [1.82, 2.24) is 9.55 Å². The van der Waals surface area contributed by atoms with Gasteiger partial charge in [0.1, 0.15) is 10.5 Å². The molecule has 11 heteroatoms. The molecule has 0 saturated carbocycles. The average Bonchev–Trinajstić information content (AvgIpc) is 3.36. The van der Waals surface area contributed by atoms with Gasteiger partial charge in [0.25, 0.3) is 10.1 Å². The van der Waals surface area contributed by atoms with E-state index < -0.39 is 28.1 Å². The molecule has 0 amide bonds. The summed E-state index contributed by atoms with van der Waals surface area (Å²) < 4.78 is 48.3. The second-order valence-corrected chi connectivity index (χ2v) is 9.86. The van der Waals surface area contributed by atoms with Crippen molar-refractivity contribution in [2.45, 2.75) is 29.8 Å². The quantitative estimate of drug-likeness (QED) is 0.500. The standard InChI is InChI=1S/C21H20Cl2N2O6S/c1-14-2-5-19(32(27,28)29)17(8-14)20(11-26)12-30-21(31-20,10-25-7-6-24-13-25)16-4-3-15(22)9-18(16)23/h2-9,13,26H,10-12H2,1H3,(H,27,28,29)/t20-,21+/m1/s1. The summed E-state index contributed by atoms with van der Waals surface area (Å²) in [5, 5.41) is 11.1. The first-order valence-corrected chi connectivity index (χ1v) is 11.7. The molecule has 2 aromatic carbocycles. The number of hydrogen-bond acceptors (Lipinski definition) is 6. The first-order valence-electron chi connectivity index (χ1n) is 9.53. The summed E-state index contributed by atoms with van der Waals surface area (Å²) in [6.45, 7) is 1.04. The number of benzene rings is 2. The van der Waals surface area contributed by atoms with E-state index in [-0.39, 0.29) is 28.6 Å². The molecule has 2 N–H and O–H groups in total. The first-order chi connectivity index (χ1) is 15.1. The molecule has 1 saturated heterocycles. The Morgan fingerprint density at radius 3 is 2.59 bits per heavy atom. The smallest absolute Gasteiger partial charge is 0.294 e. The highest BCUT2D eigenvalue weighted by Crippen LogP contribution is 2.48. The summed E-state index contributed by atoms with van der Waals surface area (Å²) in [5.41, 5.74) is -0.366. The van der Waals surface area contributed by atoms with E-state index in [0.717, 1.165) is 0 Å². The third-order valence-corrected chi connectivity index (χ3v) is 6.81. The van der Waals surface area contributed by atoms with Crippen LogP contribution < -0.4 is 0 Å². The van der Waals surface area contributed by atoms with Crippen LogP contribution in [0.25, 0.3) is 0 Å². The summed E-state index contributed by atoms with van der Waals surface area (Å²) >= 11 is 12.5. The van der Waals surface area contributed by atoms with E-state index in [1.807, 2.05) is 0 Å². The molecule has 8 nitrogen and oxygen atoms in total. The molecule has 4 rings (SSSR count). The van der Waals surface area contributed by atoms with Crippen molar-refractivity contribution in [2.24, 2.45) is 0 Å². The molecule has 0 aliphatic carbocycles. The lowest BCUT2D eigenvalue weighted by Crippen LogP contribution is -2.39. The van der Waals surface area contributed by atoms with Crippen LogP contribution in [-0.4, -0.2) is 40.8 Å². The van der Waals surface area contributed by atoms with Crippen molar-refractivity contribution in [3.63, 3.8) is 0 Å². The van der Waals surface area contributed by atoms with E-state index in [1.165, 1.54) is 12.1 Å². The number of aliphatic hydroxyl groups excluding tert-OH is 1. The van der Waals surface area contributed by atoms with Crippen LogP contribution in [0.15, 0.2) is 60.0 Å². The van der Waals surface area contributed by atoms with Gasteiger partial charge >= 0.3 is 0 Å². The topological polar surface area (TPSA) is 111 Å². The first kappa shape index (κ1) is 23.2. The normalized spacial score (nSPS) is 23.5. The molecule has 3 aromatic rings. The van der Waals surface area contributed by atoms with Crippen LogP contribution in [0, 0.1) is 6.92 Å². The Kier molecular flexibility index (Phi) is 6.10. The molecule has 32 heavy (non-hydrogen) atoms. The fourth-order valence-electron chi connectivity index (χ4n) is 3.84. The van der Waals surface area contributed by atoms with Gasteiger partial charge in [-0.05, 0) is 25.1 Å². The van der Waals surface area contributed by atoms with Crippen LogP contribution in [0.4, 0.5) is 0 Å². The van der Waals surface area contributed by atoms with Crippen LogP contribution >= 0.6 is 23.2 Å². The number of aryl methyl sites for hydroxylation is 1. The fraction of sp³-hybridized carbons (Fsp3) is 0.286. The van der Waals surface area contributed by atoms with E-state index >= 15 is 0 Å². The van der Waals surface area contributed by atoms with Crippen molar-refractivity contribution < 1.29 is 27.6 Å². The number of nitrogens with zero attached hydrogens (tertiary/aromatic N) is 2. The second-order valence-electron chi connectivity index (χ2n) is 7.63. The third kappa shape index (κ3) is 4.17. The summed E-state index contributed by atoms with van der Waals surface area (Å²) in [7, 11) is -4.61. The Labute approximate surface area is 195 Å². The molecule has 1 aliphatic heterocycles. The Hall–Kier alpha value is -1.98. The minimum atomic E-state index is -4.61. The molecular formula is C21H20Cl2N2O6S. The van der Waals surface area contributed by atoms with E-state index in [1.54, 1.807) is 54.5 Å². The Morgan fingerprint density at radius 2 is 1.97 bits per heavy atom. The molecule has 170 valence electrons. The lowest BCUT2D eigenvalue weighted by atomic mass is 9.93. The summed E-state index contributed by atoms with van der Waals surface area (Å²) in [4.78, 5) is 3.66. The number of rotatable bonds is 6. The van der Waals surface area contributed by atoms with E-state index in [9.17, 15) is 18.1 Å². The van der Waals surface area contributed by atoms with Crippen LogP contribution in [0.2, 0.25) is 10.0 Å². The van der Waals surface area contributed by atoms with Crippen LogP contribution in [0.5, 0.6) is 0 Å². The Balaban J connectivity index is 1.89. The van der Waals surface area contributed by atoms with Crippen molar-refractivity contribution >= 4 is 33.3 Å².